The molecule has 2 rings (SSSR count). The minimum absolute atomic E-state index is 0.0411. The van der Waals surface area contributed by atoms with Gasteiger partial charge in [0, 0.05) is 12.3 Å². The molecule has 0 unspecified atom stereocenters. The monoisotopic (exact) mass is 265 g/mol. The van der Waals surface area contributed by atoms with Crippen molar-refractivity contribution >= 4 is 11.9 Å². The lowest BCUT2D eigenvalue weighted by atomic mass is 9.74. The summed E-state index contributed by atoms with van der Waals surface area (Å²) in [5.41, 5.74) is -0.401. The summed E-state index contributed by atoms with van der Waals surface area (Å²) in [5, 5.41) is 12.1. The number of anilines is 1. The van der Waals surface area contributed by atoms with E-state index in [1.807, 2.05) is 13.8 Å². The average molecular weight is 265 g/mol. The third kappa shape index (κ3) is 3.56. The lowest BCUT2D eigenvalue weighted by Gasteiger charge is -2.41. The zero-order chi connectivity index (χ0) is 13.9. The lowest BCUT2D eigenvalue weighted by molar-refractivity contribution is -0.138. The number of nitrogens with zero attached hydrogens (tertiary/aromatic N) is 2. The van der Waals surface area contributed by atoms with E-state index in [1.54, 1.807) is 12.3 Å². The molecule has 6 heteroatoms. The Morgan fingerprint density at radius 1 is 1.58 bits per heavy atom. The van der Waals surface area contributed by atoms with Crippen LogP contribution in [0.25, 0.3) is 0 Å². The summed E-state index contributed by atoms with van der Waals surface area (Å²) in [5.74, 6) is 0.123. The molecule has 1 aromatic rings. The third-order valence-corrected chi connectivity index (χ3v) is 3.16. The number of nitrogens with one attached hydrogen (secondary N) is 1. The maximum Gasteiger partial charge on any atom is 0.305 e. The zero-order valence-electron chi connectivity index (χ0n) is 11.2. The molecule has 0 aromatic carbocycles. The van der Waals surface area contributed by atoms with Crippen LogP contribution in [0.2, 0.25) is 0 Å². The van der Waals surface area contributed by atoms with Crippen molar-refractivity contribution in [3.8, 4) is 5.88 Å². The van der Waals surface area contributed by atoms with Gasteiger partial charge in [-0.15, -0.1) is 0 Å². The van der Waals surface area contributed by atoms with Gasteiger partial charge in [-0.2, -0.15) is 4.98 Å². The van der Waals surface area contributed by atoms with Gasteiger partial charge in [-0.05, 0) is 33.1 Å². The molecule has 0 amide bonds. The Kier molecular flexibility index (Phi) is 3.87. The van der Waals surface area contributed by atoms with Gasteiger partial charge >= 0.3 is 5.97 Å². The Morgan fingerprint density at radius 3 is 2.84 bits per heavy atom. The molecule has 1 aliphatic carbocycles. The van der Waals surface area contributed by atoms with E-state index in [4.69, 9.17) is 9.84 Å². The highest BCUT2D eigenvalue weighted by molar-refractivity contribution is 5.69. The number of carboxylic acid groups (broad SMARTS) is 1. The van der Waals surface area contributed by atoms with Crippen LogP contribution in [0.4, 0.5) is 5.95 Å². The number of carbonyl (C=O) groups is 1. The van der Waals surface area contributed by atoms with Crippen molar-refractivity contribution in [1.29, 1.82) is 0 Å². The van der Waals surface area contributed by atoms with E-state index in [0.717, 1.165) is 19.3 Å². The highest BCUT2D eigenvalue weighted by Crippen LogP contribution is 2.37. The highest BCUT2D eigenvalue weighted by atomic mass is 16.5. The van der Waals surface area contributed by atoms with Crippen LogP contribution in [-0.4, -0.2) is 32.7 Å². The number of aromatic nitrogens is 2. The van der Waals surface area contributed by atoms with E-state index in [-0.39, 0.29) is 12.5 Å². The smallest absolute Gasteiger partial charge is 0.305 e. The van der Waals surface area contributed by atoms with Gasteiger partial charge in [0.2, 0.25) is 11.8 Å². The number of hydrogen-bond donors (Lipinski definition) is 2. The molecule has 0 bridgehead atoms. The van der Waals surface area contributed by atoms with Crippen molar-refractivity contribution in [1.82, 2.24) is 9.97 Å². The molecular formula is C13H19N3O3. The van der Waals surface area contributed by atoms with Gasteiger partial charge < -0.3 is 15.2 Å². The molecule has 1 aromatic heterocycles. The molecule has 1 fully saturated rings. The Labute approximate surface area is 112 Å². The lowest BCUT2D eigenvalue weighted by Crippen LogP contribution is -2.47. The molecule has 104 valence electrons. The number of rotatable bonds is 6. The number of hydrogen-bond acceptors (Lipinski definition) is 5. The average Bonchev–Trinajstić information content (AvgIpc) is 2.25. The van der Waals surface area contributed by atoms with E-state index >= 15 is 0 Å². The topological polar surface area (TPSA) is 84.3 Å². The fraction of sp³-hybridized carbons (Fsp3) is 0.615. The quantitative estimate of drug-likeness (QED) is 0.819. The molecule has 6 nitrogen and oxygen atoms in total. The van der Waals surface area contributed by atoms with Crippen molar-refractivity contribution in [3.05, 3.63) is 12.3 Å². The molecule has 0 atom stereocenters. The minimum Gasteiger partial charge on any atom is -0.481 e. The standard InChI is InChI=1S/C13H19N3O3/c1-9(2)19-10-4-7-14-12(15-10)16-13(5-3-6-13)8-11(17)18/h4,7,9H,3,5-6,8H2,1-2H3,(H,17,18)(H,14,15,16). The van der Waals surface area contributed by atoms with Gasteiger partial charge in [0.15, 0.2) is 0 Å². The predicted molar refractivity (Wildman–Crippen MR) is 70.3 cm³/mol. The summed E-state index contributed by atoms with van der Waals surface area (Å²) in [6, 6.07) is 1.69. The van der Waals surface area contributed by atoms with E-state index < -0.39 is 11.5 Å². The van der Waals surface area contributed by atoms with Crippen LogP contribution in [0.1, 0.15) is 39.5 Å². The van der Waals surface area contributed by atoms with Crippen molar-refractivity contribution in [2.75, 3.05) is 5.32 Å². The van der Waals surface area contributed by atoms with Gasteiger partial charge in [-0.25, -0.2) is 4.98 Å². The molecule has 2 N–H and O–H groups in total. The van der Waals surface area contributed by atoms with Crippen molar-refractivity contribution in [2.24, 2.45) is 0 Å². The van der Waals surface area contributed by atoms with Gasteiger partial charge in [0.05, 0.1) is 18.1 Å². The summed E-state index contributed by atoms with van der Waals surface area (Å²) in [6.45, 7) is 3.85. The van der Waals surface area contributed by atoms with Crippen molar-refractivity contribution < 1.29 is 14.6 Å². The van der Waals surface area contributed by atoms with Gasteiger partial charge in [-0.3, -0.25) is 4.79 Å². The molecule has 1 saturated carbocycles. The fourth-order valence-corrected chi connectivity index (χ4v) is 2.19. The largest absolute Gasteiger partial charge is 0.481 e. The fourth-order valence-electron chi connectivity index (χ4n) is 2.19. The molecule has 0 aliphatic heterocycles. The second-order valence-corrected chi connectivity index (χ2v) is 5.21. The predicted octanol–water partition coefficient (Wildman–Crippen LogP) is 2.07. The van der Waals surface area contributed by atoms with Crippen LogP contribution >= 0.6 is 0 Å². The van der Waals surface area contributed by atoms with Crippen LogP contribution in [0, 0.1) is 0 Å². The van der Waals surface area contributed by atoms with Crippen LogP contribution in [0.15, 0.2) is 12.3 Å². The Hall–Kier alpha value is -1.85. The minimum atomic E-state index is -0.804. The van der Waals surface area contributed by atoms with E-state index in [1.165, 1.54) is 0 Å². The summed E-state index contributed by atoms with van der Waals surface area (Å²) >= 11 is 0. The van der Waals surface area contributed by atoms with Crippen molar-refractivity contribution in [3.63, 3.8) is 0 Å². The van der Waals surface area contributed by atoms with Gasteiger partial charge in [0.25, 0.3) is 0 Å². The van der Waals surface area contributed by atoms with E-state index in [0.29, 0.717) is 11.8 Å². The van der Waals surface area contributed by atoms with Crippen LogP contribution < -0.4 is 10.1 Å². The number of carboxylic acids is 1. The first-order chi connectivity index (χ1) is 8.99. The Bertz CT molecular complexity index is 458. The van der Waals surface area contributed by atoms with Crippen LogP contribution in [0.3, 0.4) is 0 Å². The molecule has 0 saturated heterocycles. The van der Waals surface area contributed by atoms with Crippen LogP contribution in [0.5, 0.6) is 5.88 Å². The SMILES string of the molecule is CC(C)Oc1ccnc(NC2(CC(=O)O)CCC2)n1. The molecule has 0 radical (unpaired) electrons. The van der Waals surface area contributed by atoms with Crippen LogP contribution in [-0.2, 0) is 4.79 Å². The van der Waals surface area contributed by atoms with Gasteiger partial charge in [0.1, 0.15) is 0 Å². The molecule has 1 heterocycles. The molecule has 1 aliphatic rings. The molecule has 19 heavy (non-hydrogen) atoms. The highest BCUT2D eigenvalue weighted by Gasteiger charge is 2.39. The zero-order valence-corrected chi connectivity index (χ0v) is 11.2. The van der Waals surface area contributed by atoms with E-state index in [9.17, 15) is 4.79 Å². The normalized spacial score (nSPS) is 16.8. The first kappa shape index (κ1) is 13.6. The second kappa shape index (κ2) is 5.42. The first-order valence-electron chi connectivity index (χ1n) is 6.49. The molecular weight excluding hydrogens is 246 g/mol. The summed E-state index contributed by atoms with van der Waals surface area (Å²) in [7, 11) is 0. The summed E-state index contributed by atoms with van der Waals surface area (Å²) < 4.78 is 5.49. The third-order valence-electron chi connectivity index (χ3n) is 3.16. The summed E-state index contributed by atoms with van der Waals surface area (Å²) in [6.07, 6.45) is 4.43. The molecule has 0 spiro atoms. The summed E-state index contributed by atoms with van der Waals surface area (Å²) in [4.78, 5) is 19.3. The number of ether oxygens (including phenoxy) is 1. The van der Waals surface area contributed by atoms with Crippen molar-refractivity contribution in [2.45, 2.75) is 51.2 Å². The second-order valence-electron chi connectivity index (χ2n) is 5.21. The Morgan fingerprint density at radius 2 is 2.32 bits per heavy atom. The first-order valence-corrected chi connectivity index (χ1v) is 6.49. The van der Waals surface area contributed by atoms with Gasteiger partial charge in [-0.1, -0.05) is 0 Å². The van der Waals surface area contributed by atoms with E-state index in [2.05, 4.69) is 15.3 Å². The Balaban J connectivity index is 2.07. The maximum absolute atomic E-state index is 10.9. The maximum atomic E-state index is 10.9. The number of aliphatic carboxylic acids is 1.